The van der Waals surface area contributed by atoms with Crippen molar-refractivity contribution in [2.45, 2.75) is 20.3 Å². The monoisotopic (exact) mass is 229 g/mol. The first kappa shape index (κ1) is 11.6. The normalized spacial score (nSPS) is 12.1. The molecule has 0 spiro atoms. The molecule has 1 aromatic rings. The highest BCUT2D eigenvalue weighted by Crippen LogP contribution is 2.25. The van der Waals surface area contributed by atoms with E-state index in [9.17, 15) is 14.9 Å². The summed E-state index contributed by atoms with van der Waals surface area (Å²) in [6.07, 6.45) is 1.86. The standard InChI is InChI=1S/C8H11N3O3S/c1-3-5(2)7(12)10-8-9-4-6(15-8)11(13)14/h4-5H,3H2,1-2H3,(H,9,10,12)/t5-/m0/s1. The average Bonchev–Trinajstić information content (AvgIpc) is 2.65. The van der Waals surface area contributed by atoms with E-state index in [1.165, 1.54) is 0 Å². The summed E-state index contributed by atoms with van der Waals surface area (Å²) in [4.78, 5) is 25.0. The Morgan fingerprint density at radius 2 is 2.47 bits per heavy atom. The van der Waals surface area contributed by atoms with Crippen LogP contribution < -0.4 is 5.32 Å². The molecular weight excluding hydrogens is 218 g/mol. The predicted octanol–water partition coefficient (Wildman–Crippen LogP) is 2.04. The number of thiazole rings is 1. The molecule has 0 aliphatic carbocycles. The predicted molar refractivity (Wildman–Crippen MR) is 56.9 cm³/mol. The van der Waals surface area contributed by atoms with Gasteiger partial charge in [-0.2, -0.15) is 0 Å². The van der Waals surface area contributed by atoms with E-state index >= 15 is 0 Å². The van der Waals surface area contributed by atoms with Gasteiger partial charge < -0.3 is 5.32 Å². The van der Waals surface area contributed by atoms with Crippen LogP contribution in [0, 0.1) is 16.0 Å². The summed E-state index contributed by atoms with van der Waals surface area (Å²) in [6.45, 7) is 3.69. The highest BCUT2D eigenvalue weighted by molar-refractivity contribution is 7.18. The minimum Gasteiger partial charge on any atom is -0.302 e. The Labute approximate surface area is 90.5 Å². The highest BCUT2D eigenvalue weighted by Gasteiger charge is 2.15. The Kier molecular flexibility index (Phi) is 3.73. The molecule has 0 aromatic carbocycles. The van der Waals surface area contributed by atoms with Crippen molar-refractivity contribution < 1.29 is 9.72 Å². The summed E-state index contributed by atoms with van der Waals surface area (Å²) < 4.78 is 0. The smallest absolute Gasteiger partial charge is 0.302 e. The van der Waals surface area contributed by atoms with E-state index in [4.69, 9.17) is 0 Å². The van der Waals surface area contributed by atoms with Crippen LogP contribution in [0.1, 0.15) is 20.3 Å². The van der Waals surface area contributed by atoms with Crippen LogP contribution in [-0.4, -0.2) is 15.8 Å². The maximum Gasteiger partial charge on any atom is 0.345 e. The summed E-state index contributed by atoms with van der Waals surface area (Å²) >= 11 is 0.855. The minimum atomic E-state index is -0.531. The molecule has 1 rings (SSSR count). The molecule has 0 aliphatic heterocycles. The zero-order valence-electron chi connectivity index (χ0n) is 8.39. The van der Waals surface area contributed by atoms with Crippen LogP contribution in [0.3, 0.4) is 0 Å². The second-order valence-electron chi connectivity index (χ2n) is 3.06. The van der Waals surface area contributed by atoms with Gasteiger partial charge in [-0.3, -0.25) is 14.9 Å². The number of nitro groups is 1. The van der Waals surface area contributed by atoms with Crippen molar-refractivity contribution in [3.63, 3.8) is 0 Å². The molecule has 0 saturated heterocycles. The highest BCUT2D eigenvalue weighted by atomic mass is 32.1. The van der Waals surface area contributed by atoms with Gasteiger partial charge in [0.1, 0.15) is 6.20 Å². The number of nitrogens with zero attached hydrogens (tertiary/aromatic N) is 2. The molecule has 0 aliphatic rings. The van der Waals surface area contributed by atoms with Crippen LogP contribution in [0.2, 0.25) is 0 Å². The fourth-order valence-corrected chi connectivity index (χ4v) is 1.46. The lowest BCUT2D eigenvalue weighted by atomic mass is 10.1. The van der Waals surface area contributed by atoms with E-state index in [2.05, 4.69) is 10.3 Å². The average molecular weight is 229 g/mol. The van der Waals surface area contributed by atoms with Gasteiger partial charge >= 0.3 is 5.00 Å². The molecule has 0 radical (unpaired) electrons. The Balaban J connectivity index is 2.65. The maximum absolute atomic E-state index is 11.4. The molecule has 1 heterocycles. The molecule has 6 nitrogen and oxygen atoms in total. The minimum absolute atomic E-state index is 0.0746. The van der Waals surface area contributed by atoms with Gasteiger partial charge in [0.25, 0.3) is 0 Å². The fraction of sp³-hybridized carbons (Fsp3) is 0.500. The molecule has 0 saturated carbocycles. The quantitative estimate of drug-likeness (QED) is 0.632. The summed E-state index contributed by atoms with van der Waals surface area (Å²) in [5.74, 6) is -0.283. The number of anilines is 1. The zero-order chi connectivity index (χ0) is 11.4. The van der Waals surface area contributed by atoms with Crippen LogP contribution >= 0.6 is 11.3 Å². The van der Waals surface area contributed by atoms with Gasteiger partial charge in [-0.25, -0.2) is 4.98 Å². The maximum atomic E-state index is 11.4. The molecule has 7 heteroatoms. The molecular formula is C8H11N3O3S. The number of aromatic nitrogens is 1. The van der Waals surface area contributed by atoms with E-state index in [1.807, 2.05) is 6.92 Å². The molecule has 1 N–H and O–H groups in total. The Morgan fingerprint density at radius 1 is 1.80 bits per heavy atom. The van der Waals surface area contributed by atoms with Gasteiger partial charge in [-0.05, 0) is 17.8 Å². The summed E-state index contributed by atoms with van der Waals surface area (Å²) in [5.41, 5.74) is 0. The van der Waals surface area contributed by atoms with Crippen molar-refractivity contribution in [2.24, 2.45) is 5.92 Å². The SMILES string of the molecule is CC[C@H](C)C(=O)Nc1ncc([N+](=O)[O-])s1. The summed E-state index contributed by atoms with van der Waals surface area (Å²) in [5, 5.41) is 13.1. The van der Waals surface area contributed by atoms with Gasteiger partial charge in [-0.1, -0.05) is 13.8 Å². The number of amides is 1. The van der Waals surface area contributed by atoms with Crippen molar-refractivity contribution in [1.82, 2.24) is 4.98 Å². The molecule has 0 fully saturated rings. The van der Waals surface area contributed by atoms with Crippen LogP contribution in [0.15, 0.2) is 6.20 Å². The van der Waals surface area contributed by atoms with E-state index in [0.29, 0.717) is 0 Å². The number of rotatable bonds is 4. The van der Waals surface area contributed by atoms with Gasteiger partial charge in [0, 0.05) is 5.92 Å². The number of carbonyl (C=O) groups excluding carboxylic acids is 1. The van der Waals surface area contributed by atoms with Crippen molar-refractivity contribution in [1.29, 1.82) is 0 Å². The van der Waals surface area contributed by atoms with Crippen molar-refractivity contribution in [2.75, 3.05) is 5.32 Å². The number of nitrogens with one attached hydrogen (secondary N) is 1. The number of hydrogen-bond donors (Lipinski definition) is 1. The molecule has 1 aromatic heterocycles. The summed E-state index contributed by atoms with van der Waals surface area (Å²) in [6, 6.07) is 0. The Bertz CT molecular complexity index is 377. The molecule has 0 unspecified atom stereocenters. The van der Waals surface area contributed by atoms with Crippen LogP contribution in [-0.2, 0) is 4.79 Å². The second-order valence-corrected chi connectivity index (χ2v) is 4.07. The van der Waals surface area contributed by atoms with Gasteiger partial charge in [0.05, 0.1) is 4.92 Å². The van der Waals surface area contributed by atoms with E-state index in [-0.39, 0.29) is 22.0 Å². The zero-order valence-corrected chi connectivity index (χ0v) is 9.21. The summed E-state index contributed by atoms with van der Waals surface area (Å²) in [7, 11) is 0. The first-order chi connectivity index (χ1) is 7.04. The fourth-order valence-electron chi connectivity index (χ4n) is 0.822. The van der Waals surface area contributed by atoms with Crippen LogP contribution in [0.5, 0.6) is 0 Å². The molecule has 15 heavy (non-hydrogen) atoms. The van der Waals surface area contributed by atoms with Crippen molar-refractivity contribution in [3.8, 4) is 0 Å². The van der Waals surface area contributed by atoms with E-state index < -0.39 is 4.92 Å². The molecule has 82 valence electrons. The topological polar surface area (TPSA) is 85.1 Å². The number of hydrogen-bond acceptors (Lipinski definition) is 5. The molecule has 1 amide bonds. The largest absolute Gasteiger partial charge is 0.345 e. The lowest BCUT2D eigenvalue weighted by Gasteiger charge is -2.06. The Hall–Kier alpha value is -1.50. The number of carbonyl (C=O) groups is 1. The van der Waals surface area contributed by atoms with Gasteiger partial charge in [0.15, 0.2) is 5.13 Å². The van der Waals surface area contributed by atoms with Crippen molar-refractivity contribution in [3.05, 3.63) is 16.3 Å². The third-order valence-electron chi connectivity index (χ3n) is 1.96. The third kappa shape index (κ3) is 2.98. The van der Waals surface area contributed by atoms with Crippen LogP contribution in [0.4, 0.5) is 10.1 Å². The first-order valence-electron chi connectivity index (χ1n) is 4.45. The lowest BCUT2D eigenvalue weighted by Crippen LogP contribution is -2.19. The van der Waals surface area contributed by atoms with E-state index in [1.54, 1.807) is 6.92 Å². The third-order valence-corrected chi connectivity index (χ3v) is 2.83. The second kappa shape index (κ2) is 4.83. The lowest BCUT2D eigenvalue weighted by molar-refractivity contribution is -0.380. The molecule has 1 atom stereocenters. The van der Waals surface area contributed by atoms with Crippen molar-refractivity contribution >= 4 is 27.4 Å². The van der Waals surface area contributed by atoms with E-state index in [0.717, 1.165) is 24.0 Å². The van der Waals surface area contributed by atoms with Crippen LogP contribution in [0.25, 0.3) is 0 Å². The first-order valence-corrected chi connectivity index (χ1v) is 5.27. The van der Waals surface area contributed by atoms with Gasteiger partial charge in [-0.15, -0.1) is 0 Å². The van der Waals surface area contributed by atoms with Gasteiger partial charge in [0.2, 0.25) is 5.91 Å². The Morgan fingerprint density at radius 3 is 2.93 bits per heavy atom. The molecule has 0 bridgehead atoms.